The van der Waals surface area contributed by atoms with E-state index in [4.69, 9.17) is 0 Å². The molecule has 0 bridgehead atoms. The minimum absolute atomic E-state index is 0.0283. The summed E-state index contributed by atoms with van der Waals surface area (Å²) in [6, 6.07) is 20.5. The highest BCUT2D eigenvalue weighted by molar-refractivity contribution is 5.91. The molecule has 0 radical (unpaired) electrons. The first-order valence-corrected chi connectivity index (χ1v) is 11.7. The van der Waals surface area contributed by atoms with Gasteiger partial charge >= 0.3 is 0 Å². The molecular weight excluding hydrogens is 374 g/mol. The molecule has 1 N–H and O–H groups in total. The van der Waals surface area contributed by atoms with Crippen LogP contribution in [0, 0.1) is 6.92 Å². The second-order valence-electron chi connectivity index (χ2n) is 11.5. The molecule has 0 heterocycles. The molecule has 0 atom stereocenters. The monoisotopic (exact) mass is 409 g/mol. The highest BCUT2D eigenvalue weighted by Gasteiger charge is 2.38. The van der Waals surface area contributed by atoms with Crippen LogP contribution < -0.4 is 5.32 Å². The van der Waals surface area contributed by atoms with Gasteiger partial charge in [0.15, 0.2) is 0 Å². The van der Waals surface area contributed by atoms with Gasteiger partial charge in [-0.3, -0.25) is 0 Å². The minimum Gasteiger partial charge on any atom is -0.355 e. The fraction of sp³-hybridized carbons (Fsp3) is 0.400. The third-order valence-electron chi connectivity index (χ3n) is 8.07. The van der Waals surface area contributed by atoms with Gasteiger partial charge in [-0.1, -0.05) is 84.0 Å². The summed E-state index contributed by atoms with van der Waals surface area (Å²) in [7, 11) is 0. The van der Waals surface area contributed by atoms with Gasteiger partial charge in [0.1, 0.15) is 0 Å². The van der Waals surface area contributed by atoms with Gasteiger partial charge in [0.25, 0.3) is 0 Å². The van der Waals surface area contributed by atoms with Crippen LogP contribution in [0.25, 0.3) is 11.1 Å². The average Bonchev–Trinajstić information content (AvgIpc) is 2.95. The van der Waals surface area contributed by atoms with Crippen LogP contribution in [0.1, 0.15) is 82.2 Å². The molecule has 1 nitrogen and oxygen atoms in total. The minimum atomic E-state index is 0.0283. The fourth-order valence-electron chi connectivity index (χ4n) is 5.86. The van der Waals surface area contributed by atoms with E-state index in [9.17, 15) is 0 Å². The van der Waals surface area contributed by atoms with Gasteiger partial charge in [0, 0.05) is 22.4 Å². The van der Waals surface area contributed by atoms with E-state index >= 15 is 0 Å². The summed E-state index contributed by atoms with van der Waals surface area (Å²) in [5.74, 6) is 0. The molecule has 0 saturated heterocycles. The van der Waals surface area contributed by atoms with Crippen LogP contribution in [0.5, 0.6) is 0 Å². The van der Waals surface area contributed by atoms with Gasteiger partial charge in [0.05, 0.1) is 0 Å². The second-order valence-corrected chi connectivity index (χ2v) is 11.5. The second kappa shape index (κ2) is 6.48. The lowest BCUT2D eigenvalue weighted by molar-refractivity contribution is 0.332. The molecule has 3 aromatic carbocycles. The molecule has 0 fully saturated rings. The molecule has 0 spiro atoms. The lowest BCUT2D eigenvalue weighted by atomic mass is 9.63. The Bertz CT molecular complexity index is 1190. The molecule has 0 saturated carbocycles. The molecule has 1 heteroatoms. The molecule has 0 unspecified atom stereocenters. The van der Waals surface area contributed by atoms with Crippen molar-refractivity contribution in [3.63, 3.8) is 0 Å². The molecule has 5 rings (SSSR count). The van der Waals surface area contributed by atoms with Gasteiger partial charge in [-0.05, 0) is 76.1 Å². The van der Waals surface area contributed by atoms with E-state index in [1.54, 1.807) is 0 Å². The number of nitrogens with one attached hydrogen (secondary N) is 1. The molecule has 160 valence electrons. The quantitative estimate of drug-likeness (QED) is 0.448. The zero-order chi connectivity index (χ0) is 22.2. The van der Waals surface area contributed by atoms with Crippen LogP contribution in [0.4, 0.5) is 11.4 Å². The number of fused-ring (bicyclic) bond motifs is 4. The van der Waals surface area contributed by atoms with Crippen LogP contribution in [-0.4, -0.2) is 0 Å². The Morgan fingerprint density at radius 3 is 1.97 bits per heavy atom. The first-order valence-electron chi connectivity index (χ1n) is 11.7. The Morgan fingerprint density at radius 1 is 0.645 bits per heavy atom. The summed E-state index contributed by atoms with van der Waals surface area (Å²) in [6.45, 7) is 16.5. The number of hydrogen-bond acceptors (Lipinski definition) is 1. The van der Waals surface area contributed by atoms with Gasteiger partial charge in [-0.2, -0.15) is 0 Å². The summed E-state index contributed by atoms with van der Waals surface area (Å²) in [5, 5.41) is 3.87. The maximum atomic E-state index is 3.87. The van der Waals surface area contributed by atoms with Crippen molar-refractivity contribution in [3.05, 3.63) is 82.4 Å². The lowest BCUT2D eigenvalue weighted by Crippen LogP contribution is -2.34. The van der Waals surface area contributed by atoms with Crippen LogP contribution in [0.2, 0.25) is 0 Å². The first-order chi connectivity index (χ1) is 14.5. The lowest BCUT2D eigenvalue weighted by Gasteiger charge is -2.42. The molecule has 31 heavy (non-hydrogen) atoms. The maximum Gasteiger partial charge on any atom is 0.0467 e. The Morgan fingerprint density at radius 2 is 1.26 bits per heavy atom. The van der Waals surface area contributed by atoms with Crippen LogP contribution in [-0.2, 0) is 16.2 Å². The van der Waals surface area contributed by atoms with Crippen molar-refractivity contribution in [3.8, 4) is 11.1 Å². The largest absolute Gasteiger partial charge is 0.355 e. The van der Waals surface area contributed by atoms with E-state index in [0.29, 0.717) is 0 Å². The van der Waals surface area contributed by atoms with Crippen molar-refractivity contribution in [2.24, 2.45) is 0 Å². The number of benzene rings is 3. The number of aryl methyl sites for hydroxylation is 1. The molecule has 0 aromatic heterocycles. The van der Waals surface area contributed by atoms with E-state index in [2.05, 4.69) is 108 Å². The molecular formula is C30H35N. The first kappa shape index (κ1) is 20.4. The standard InChI is InChI=1S/C30H35N/c1-19-17-23-24(29(4,5)16-15-28(23,2)3)18-26(19)31-25-14-10-13-22-27(25)20-11-8-9-12-21(20)30(22,6)7/h8-14,17-18,31H,15-16H2,1-7H3. The van der Waals surface area contributed by atoms with Crippen molar-refractivity contribution < 1.29 is 0 Å². The van der Waals surface area contributed by atoms with Crippen LogP contribution in [0.3, 0.4) is 0 Å². The predicted molar refractivity (Wildman–Crippen MR) is 134 cm³/mol. The molecule has 0 aliphatic heterocycles. The van der Waals surface area contributed by atoms with Crippen molar-refractivity contribution in [2.45, 2.75) is 77.6 Å². The topological polar surface area (TPSA) is 12.0 Å². The number of rotatable bonds is 2. The third-order valence-corrected chi connectivity index (χ3v) is 8.07. The summed E-state index contributed by atoms with van der Waals surface area (Å²) in [5.41, 5.74) is 12.8. The highest BCUT2D eigenvalue weighted by atomic mass is 14.9. The van der Waals surface area contributed by atoms with Crippen molar-refractivity contribution >= 4 is 11.4 Å². The summed E-state index contributed by atoms with van der Waals surface area (Å²) in [4.78, 5) is 0. The van der Waals surface area contributed by atoms with E-state index in [0.717, 1.165) is 0 Å². The highest BCUT2D eigenvalue weighted by Crippen LogP contribution is 2.52. The Balaban J connectivity index is 1.65. The third kappa shape index (κ3) is 2.97. The summed E-state index contributed by atoms with van der Waals surface area (Å²) < 4.78 is 0. The average molecular weight is 410 g/mol. The number of hydrogen-bond donors (Lipinski definition) is 1. The molecule has 0 amide bonds. The van der Waals surface area contributed by atoms with E-state index in [1.165, 1.54) is 63.2 Å². The van der Waals surface area contributed by atoms with Gasteiger partial charge < -0.3 is 5.32 Å². The maximum absolute atomic E-state index is 3.87. The van der Waals surface area contributed by atoms with Gasteiger partial charge in [0.2, 0.25) is 0 Å². The molecule has 2 aliphatic rings. The predicted octanol–water partition coefficient (Wildman–Crippen LogP) is 8.39. The van der Waals surface area contributed by atoms with Crippen LogP contribution in [0.15, 0.2) is 54.6 Å². The van der Waals surface area contributed by atoms with Crippen molar-refractivity contribution in [2.75, 3.05) is 5.32 Å². The molecule has 3 aromatic rings. The normalized spacial score (nSPS) is 19.3. The fourth-order valence-corrected chi connectivity index (χ4v) is 5.86. The Hall–Kier alpha value is -2.54. The van der Waals surface area contributed by atoms with Crippen molar-refractivity contribution in [1.29, 1.82) is 0 Å². The van der Waals surface area contributed by atoms with E-state index in [1.807, 2.05) is 0 Å². The molecule has 2 aliphatic carbocycles. The zero-order valence-electron chi connectivity index (χ0n) is 20.1. The van der Waals surface area contributed by atoms with Gasteiger partial charge in [-0.15, -0.1) is 0 Å². The van der Waals surface area contributed by atoms with Gasteiger partial charge in [-0.25, -0.2) is 0 Å². The Kier molecular flexibility index (Phi) is 4.26. The van der Waals surface area contributed by atoms with Crippen LogP contribution >= 0.6 is 0 Å². The summed E-state index contributed by atoms with van der Waals surface area (Å²) in [6.07, 6.45) is 2.48. The van der Waals surface area contributed by atoms with Crippen molar-refractivity contribution in [1.82, 2.24) is 0 Å². The smallest absolute Gasteiger partial charge is 0.0467 e. The SMILES string of the molecule is Cc1cc2c(cc1Nc1cccc3c1-c1ccccc1C3(C)C)C(C)(C)CCC2(C)C. The van der Waals surface area contributed by atoms with E-state index < -0.39 is 0 Å². The number of anilines is 2. The zero-order valence-corrected chi connectivity index (χ0v) is 20.1. The summed E-state index contributed by atoms with van der Waals surface area (Å²) >= 11 is 0. The van der Waals surface area contributed by atoms with E-state index in [-0.39, 0.29) is 16.2 Å². The Labute approximate surface area is 187 Å².